The minimum absolute atomic E-state index is 0.115. The number of nitrogens with one attached hydrogen (secondary N) is 2. The third-order valence-electron chi connectivity index (χ3n) is 4.97. The minimum Gasteiger partial charge on any atom is -0.358 e. The van der Waals surface area contributed by atoms with Crippen LogP contribution in [0.25, 0.3) is 10.9 Å². The van der Waals surface area contributed by atoms with Crippen LogP contribution in [0.5, 0.6) is 0 Å². The summed E-state index contributed by atoms with van der Waals surface area (Å²) in [5, 5.41) is 4.67. The number of rotatable bonds is 4. The van der Waals surface area contributed by atoms with Crippen molar-refractivity contribution in [3.8, 4) is 0 Å². The molecule has 0 unspecified atom stereocenters. The largest absolute Gasteiger partial charge is 0.358 e. The first-order valence-electron chi connectivity index (χ1n) is 8.87. The average Bonchev–Trinajstić information content (AvgIpc) is 2.99. The van der Waals surface area contributed by atoms with Crippen molar-refractivity contribution in [1.29, 1.82) is 0 Å². The van der Waals surface area contributed by atoms with Crippen molar-refractivity contribution in [2.75, 3.05) is 6.54 Å². The standard InChI is InChI=1S/C21H21ClN2O/c22-18-12-16-15-8-4-5-9-19(15)24-20(16)13-17(18)21(25)23-11-10-14-6-2-1-3-7-14/h1-3,6-7,12-13,24H,4-5,8-11H2,(H,23,25). The molecule has 4 rings (SSSR count). The Hall–Kier alpha value is -2.26. The van der Waals surface area contributed by atoms with Crippen LogP contribution in [-0.2, 0) is 19.3 Å². The molecule has 25 heavy (non-hydrogen) atoms. The highest BCUT2D eigenvalue weighted by Crippen LogP contribution is 2.32. The third-order valence-corrected chi connectivity index (χ3v) is 5.29. The maximum Gasteiger partial charge on any atom is 0.252 e. The number of carbonyl (C=O) groups is 1. The first kappa shape index (κ1) is 16.2. The Kier molecular flexibility index (Phi) is 4.50. The molecule has 2 N–H and O–H groups in total. The average molecular weight is 353 g/mol. The fraction of sp³-hybridized carbons (Fsp3) is 0.286. The molecule has 0 saturated heterocycles. The van der Waals surface area contributed by atoms with Gasteiger partial charge in [0.2, 0.25) is 0 Å². The van der Waals surface area contributed by atoms with Crippen molar-refractivity contribution in [1.82, 2.24) is 10.3 Å². The number of benzene rings is 2. The molecule has 1 aliphatic carbocycles. The third kappa shape index (κ3) is 3.29. The number of halogens is 1. The number of aryl methyl sites for hydroxylation is 2. The quantitative estimate of drug-likeness (QED) is 0.704. The van der Waals surface area contributed by atoms with Gasteiger partial charge in [0.1, 0.15) is 0 Å². The molecular weight excluding hydrogens is 332 g/mol. The number of aromatic amines is 1. The Labute approximate surface area is 152 Å². The van der Waals surface area contributed by atoms with E-state index in [0.717, 1.165) is 24.8 Å². The van der Waals surface area contributed by atoms with Crippen LogP contribution < -0.4 is 5.32 Å². The van der Waals surface area contributed by atoms with E-state index >= 15 is 0 Å². The van der Waals surface area contributed by atoms with E-state index in [4.69, 9.17) is 11.6 Å². The fourth-order valence-electron chi connectivity index (χ4n) is 3.66. The zero-order valence-electron chi connectivity index (χ0n) is 14.1. The molecule has 1 aromatic heterocycles. The van der Waals surface area contributed by atoms with E-state index in [1.807, 2.05) is 30.3 Å². The normalized spacial score (nSPS) is 13.6. The van der Waals surface area contributed by atoms with Crippen LogP contribution in [0.15, 0.2) is 42.5 Å². The SMILES string of the molecule is O=C(NCCc1ccccc1)c1cc2[nH]c3c(c2cc1Cl)CCCC3. The summed E-state index contributed by atoms with van der Waals surface area (Å²) in [6.45, 7) is 0.596. The lowest BCUT2D eigenvalue weighted by Gasteiger charge is -2.10. The monoisotopic (exact) mass is 352 g/mol. The van der Waals surface area contributed by atoms with Gasteiger partial charge < -0.3 is 10.3 Å². The summed E-state index contributed by atoms with van der Waals surface area (Å²) in [6, 6.07) is 14.0. The van der Waals surface area contributed by atoms with E-state index < -0.39 is 0 Å². The molecule has 1 heterocycles. The molecule has 0 aliphatic heterocycles. The van der Waals surface area contributed by atoms with Gasteiger partial charge >= 0.3 is 0 Å². The topological polar surface area (TPSA) is 44.9 Å². The molecule has 0 saturated carbocycles. The van der Waals surface area contributed by atoms with Gasteiger partial charge in [0.25, 0.3) is 5.91 Å². The van der Waals surface area contributed by atoms with Crippen LogP contribution in [0.1, 0.15) is 40.0 Å². The van der Waals surface area contributed by atoms with Gasteiger partial charge in [-0.25, -0.2) is 0 Å². The summed E-state index contributed by atoms with van der Waals surface area (Å²) in [7, 11) is 0. The zero-order chi connectivity index (χ0) is 17.2. The summed E-state index contributed by atoms with van der Waals surface area (Å²) in [5.41, 5.74) is 5.45. The molecule has 0 fully saturated rings. The maximum absolute atomic E-state index is 12.5. The van der Waals surface area contributed by atoms with Crippen molar-refractivity contribution in [2.45, 2.75) is 32.1 Å². The van der Waals surface area contributed by atoms with Crippen molar-refractivity contribution < 1.29 is 4.79 Å². The first-order chi connectivity index (χ1) is 12.2. The number of amides is 1. The molecule has 1 aliphatic rings. The molecule has 1 amide bonds. The van der Waals surface area contributed by atoms with Crippen LogP contribution in [0.3, 0.4) is 0 Å². The highest BCUT2D eigenvalue weighted by Gasteiger charge is 2.18. The smallest absolute Gasteiger partial charge is 0.252 e. The molecule has 0 bridgehead atoms. The summed E-state index contributed by atoms with van der Waals surface area (Å²) in [5.74, 6) is -0.115. The summed E-state index contributed by atoms with van der Waals surface area (Å²) in [4.78, 5) is 16.0. The predicted octanol–water partition coefficient (Wildman–Crippen LogP) is 4.67. The highest BCUT2D eigenvalue weighted by molar-refractivity contribution is 6.34. The summed E-state index contributed by atoms with van der Waals surface area (Å²) < 4.78 is 0. The highest BCUT2D eigenvalue weighted by atomic mass is 35.5. The number of hydrogen-bond donors (Lipinski definition) is 2. The van der Waals surface area contributed by atoms with E-state index in [2.05, 4.69) is 22.4 Å². The maximum atomic E-state index is 12.5. The Morgan fingerprint density at radius 3 is 2.76 bits per heavy atom. The number of carbonyl (C=O) groups excluding carboxylic acids is 1. The molecule has 0 radical (unpaired) electrons. The zero-order valence-corrected chi connectivity index (χ0v) is 14.8. The van der Waals surface area contributed by atoms with Gasteiger partial charge in [-0.1, -0.05) is 41.9 Å². The van der Waals surface area contributed by atoms with Gasteiger partial charge in [-0.3, -0.25) is 4.79 Å². The first-order valence-corrected chi connectivity index (χ1v) is 9.25. The molecule has 0 atom stereocenters. The lowest BCUT2D eigenvalue weighted by atomic mass is 9.95. The van der Waals surface area contributed by atoms with Gasteiger partial charge in [0.05, 0.1) is 10.6 Å². The van der Waals surface area contributed by atoms with Gasteiger partial charge in [-0.05, 0) is 55.4 Å². The van der Waals surface area contributed by atoms with E-state index in [0.29, 0.717) is 17.1 Å². The predicted molar refractivity (Wildman–Crippen MR) is 102 cm³/mol. The molecule has 4 heteroatoms. The van der Waals surface area contributed by atoms with Gasteiger partial charge in [0.15, 0.2) is 0 Å². The van der Waals surface area contributed by atoms with Crippen LogP contribution in [0.4, 0.5) is 0 Å². The second-order valence-corrected chi connectivity index (χ2v) is 7.07. The van der Waals surface area contributed by atoms with Crippen molar-refractivity contribution in [2.24, 2.45) is 0 Å². The Balaban J connectivity index is 1.52. The van der Waals surface area contributed by atoms with Crippen molar-refractivity contribution in [3.05, 3.63) is 69.9 Å². The van der Waals surface area contributed by atoms with Crippen LogP contribution in [0.2, 0.25) is 5.02 Å². The Morgan fingerprint density at radius 2 is 1.92 bits per heavy atom. The van der Waals surface area contributed by atoms with Crippen LogP contribution in [-0.4, -0.2) is 17.4 Å². The molecule has 3 aromatic rings. The molecule has 128 valence electrons. The minimum atomic E-state index is -0.115. The second kappa shape index (κ2) is 6.93. The van der Waals surface area contributed by atoms with E-state index in [1.54, 1.807) is 0 Å². The fourth-order valence-corrected chi connectivity index (χ4v) is 3.91. The van der Waals surface area contributed by atoms with Gasteiger partial charge in [-0.2, -0.15) is 0 Å². The molecule has 0 spiro atoms. The lowest BCUT2D eigenvalue weighted by Crippen LogP contribution is -2.26. The number of hydrogen-bond acceptors (Lipinski definition) is 1. The van der Waals surface area contributed by atoms with Crippen LogP contribution in [0, 0.1) is 0 Å². The van der Waals surface area contributed by atoms with E-state index in [9.17, 15) is 4.79 Å². The van der Waals surface area contributed by atoms with Crippen molar-refractivity contribution >= 4 is 28.4 Å². The number of H-pyrrole nitrogens is 1. The molecule has 2 aromatic carbocycles. The summed E-state index contributed by atoms with van der Waals surface area (Å²) in [6.07, 6.45) is 5.43. The number of aromatic nitrogens is 1. The molecular formula is C21H21ClN2O. The van der Waals surface area contributed by atoms with E-state index in [1.165, 1.54) is 35.0 Å². The van der Waals surface area contributed by atoms with Crippen LogP contribution >= 0.6 is 11.6 Å². The molecule has 3 nitrogen and oxygen atoms in total. The second-order valence-electron chi connectivity index (χ2n) is 6.66. The van der Waals surface area contributed by atoms with Gasteiger partial charge in [0, 0.05) is 23.1 Å². The Morgan fingerprint density at radius 1 is 1.12 bits per heavy atom. The van der Waals surface area contributed by atoms with E-state index in [-0.39, 0.29) is 5.91 Å². The Bertz CT molecular complexity index is 915. The van der Waals surface area contributed by atoms with Crippen molar-refractivity contribution in [3.63, 3.8) is 0 Å². The van der Waals surface area contributed by atoms with Gasteiger partial charge in [-0.15, -0.1) is 0 Å². The lowest BCUT2D eigenvalue weighted by molar-refractivity contribution is 0.0954. The summed E-state index contributed by atoms with van der Waals surface area (Å²) >= 11 is 6.42. The number of fused-ring (bicyclic) bond motifs is 3.